The molecule has 1 saturated heterocycles. The van der Waals surface area contributed by atoms with Crippen LogP contribution in [0.4, 0.5) is 5.69 Å². The minimum atomic E-state index is -0.283. The molecule has 2 amide bonds. The van der Waals surface area contributed by atoms with Crippen LogP contribution in [0.3, 0.4) is 0 Å². The first-order valence-electron chi connectivity index (χ1n) is 8.72. The molecule has 2 aromatic rings. The lowest BCUT2D eigenvalue weighted by Gasteiger charge is -2.15. The molecule has 7 heteroatoms. The zero-order chi connectivity index (χ0) is 19.4. The number of amides is 2. The molecule has 2 N–H and O–H groups in total. The Hall–Kier alpha value is -2.25. The predicted molar refractivity (Wildman–Crippen MR) is 114 cm³/mol. The van der Waals surface area contributed by atoms with Crippen molar-refractivity contribution in [3.63, 3.8) is 0 Å². The van der Waals surface area contributed by atoms with Gasteiger partial charge in [0.2, 0.25) is 0 Å². The maximum atomic E-state index is 12.4. The van der Waals surface area contributed by atoms with Crippen LogP contribution in [0.25, 0.3) is 0 Å². The number of halogens is 1. The zero-order valence-corrected chi connectivity index (χ0v) is 17.3. The topological polar surface area (TPSA) is 61.4 Å². The number of anilines is 1. The molecule has 0 unspecified atom stereocenters. The van der Waals surface area contributed by atoms with Gasteiger partial charge in [-0.05, 0) is 73.9 Å². The third-order valence-electron chi connectivity index (χ3n) is 4.44. The van der Waals surface area contributed by atoms with Crippen molar-refractivity contribution in [3.8, 4) is 0 Å². The van der Waals surface area contributed by atoms with E-state index in [9.17, 15) is 9.59 Å². The fourth-order valence-corrected chi connectivity index (χ4v) is 3.46. The molecule has 0 aromatic heterocycles. The van der Waals surface area contributed by atoms with E-state index in [0.717, 1.165) is 36.0 Å². The molecule has 1 fully saturated rings. The number of thiocarbonyl (C=S) groups is 1. The average molecular weight is 446 g/mol. The van der Waals surface area contributed by atoms with Crippen LogP contribution < -0.4 is 10.6 Å². The molecule has 1 aliphatic rings. The summed E-state index contributed by atoms with van der Waals surface area (Å²) in [5, 5.41) is 5.83. The predicted octanol–water partition coefficient (Wildman–Crippen LogP) is 4.12. The molecular formula is C20H20BrN3O2S. The van der Waals surface area contributed by atoms with E-state index < -0.39 is 0 Å². The van der Waals surface area contributed by atoms with Crippen LogP contribution in [0, 0.1) is 6.92 Å². The molecular weight excluding hydrogens is 426 g/mol. The number of likely N-dealkylation sites (tertiary alicyclic amines) is 1. The molecule has 3 rings (SSSR count). The van der Waals surface area contributed by atoms with E-state index >= 15 is 0 Å². The van der Waals surface area contributed by atoms with Crippen molar-refractivity contribution in [1.29, 1.82) is 0 Å². The molecule has 1 heterocycles. The Morgan fingerprint density at radius 3 is 2.30 bits per heavy atom. The van der Waals surface area contributed by atoms with Crippen molar-refractivity contribution in [1.82, 2.24) is 10.2 Å². The summed E-state index contributed by atoms with van der Waals surface area (Å²) >= 11 is 8.63. The molecule has 0 atom stereocenters. The molecule has 0 radical (unpaired) electrons. The molecule has 2 aromatic carbocycles. The molecule has 0 aliphatic carbocycles. The normalized spacial score (nSPS) is 13.3. The number of aryl methyl sites for hydroxylation is 1. The number of hydrogen-bond acceptors (Lipinski definition) is 3. The van der Waals surface area contributed by atoms with Gasteiger partial charge in [0, 0.05) is 34.4 Å². The fourth-order valence-electron chi connectivity index (χ4n) is 2.87. The van der Waals surface area contributed by atoms with Gasteiger partial charge in [-0.3, -0.25) is 14.9 Å². The van der Waals surface area contributed by atoms with Crippen LogP contribution in [0.5, 0.6) is 0 Å². The highest BCUT2D eigenvalue weighted by atomic mass is 79.9. The van der Waals surface area contributed by atoms with E-state index in [1.54, 1.807) is 36.4 Å². The Kier molecular flexibility index (Phi) is 6.23. The summed E-state index contributed by atoms with van der Waals surface area (Å²) in [5.74, 6) is -0.228. The first-order chi connectivity index (χ1) is 12.9. The van der Waals surface area contributed by atoms with Gasteiger partial charge < -0.3 is 10.2 Å². The van der Waals surface area contributed by atoms with Crippen LogP contribution in [-0.2, 0) is 0 Å². The molecule has 0 spiro atoms. The van der Waals surface area contributed by atoms with Crippen LogP contribution in [-0.4, -0.2) is 34.9 Å². The first kappa shape index (κ1) is 19.5. The summed E-state index contributed by atoms with van der Waals surface area (Å²) in [6.07, 6.45) is 2.13. The summed E-state index contributed by atoms with van der Waals surface area (Å²) in [6, 6.07) is 12.5. The second-order valence-electron chi connectivity index (χ2n) is 6.45. The van der Waals surface area contributed by atoms with E-state index in [1.165, 1.54) is 0 Å². The third-order valence-corrected chi connectivity index (χ3v) is 5.50. The second-order valence-corrected chi connectivity index (χ2v) is 7.71. The van der Waals surface area contributed by atoms with Crippen LogP contribution in [0.15, 0.2) is 46.9 Å². The Morgan fingerprint density at radius 2 is 1.67 bits per heavy atom. The quantitative estimate of drug-likeness (QED) is 0.697. The largest absolute Gasteiger partial charge is 0.339 e. The second kappa shape index (κ2) is 8.63. The van der Waals surface area contributed by atoms with Gasteiger partial charge in [-0.15, -0.1) is 0 Å². The van der Waals surface area contributed by atoms with E-state index in [-0.39, 0.29) is 16.9 Å². The van der Waals surface area contributed by atoms with Crippen molar-refractivity contribution in [2.45, 2.75) is 19.8 Å². The number of nitrogens with zero attached hydrogens (tertiary/aromatic N) is 1. The monoisotopic (exact) mass is 445 g/mol. The van der Waals surface area contributed by atoms with Gasteiger partial charge in [0.1, 0.15) is 0 Å². The minimum absolute atomic E-state index is 0.0554. The lowest BCUT2D eigenvalue weighted by atomic mass is 10.1. The lowest BCUT2D eigenvalue weighted by Crippen LogP contribution is -2.34. The van der Waals surface area contributed by atoms with E-state index in [2.05, 4.69) is 26.6 Å². The molecule has 0 saturated carbocycles. The standard InChI is InChI=1S/C20H20BrN3O2S/c1-13-4-5-15(12-17(13)21)18(25)23-20(27)22-16-8-6-14(7-9-16)19(26)24-10-2-3-11-24/h4-9,12H,2-3,10-11H2,1H3,(H2,22,23,25,27). The van der Waals surface area contributed by atoms with Gasteiger partial charge in [0.05, 0.1) is 0 Å². The number of benzene rings is 2. The van der Waals surface area contributed by atoms with Gasteiger partial charge in [-0.2, -0.15) is 0 Å². The molecule has 27 heavy (non-hydrogen) atoms. The van der Waals surface area contributed by atoms with Gasteiger partial charge in [0.25, 0.3) is 11.8 Å². The van der Waals surface area contributed by atoms with E-state index in [4.69, 9.17) is 12.2 Å². The summed E-state index contributed by atoms with van der Waals surface area (Å²) in [4.78, 5) is 26.5. The van der Waals surface area contributed by atoms with Crippen molar-refractivity contribution < 1.29 is 9.59 Å². The summed E-state index contributed by atoms with van der Waals surface area (Å²) < 4.78 is 0.868. The molecule has 1 aliphatic heterocycles. The molecule has 0 bridgehead atoms. The van der Waals surface area contributed by atoms with Crippen molar-refractivity contribution in [3.05, 3.63) is 63.6 Å². The highest BCUT2D eigenvalue weighted by molar-refractivity contribution is 9.10. The number of rotatable bonds is 3. The molecule has 140 valence electrons. The van der Waals surface area contributed by atoms with Gasteiger partial charge in [0.15, 0.2) is 5.11 Å². The van der Waals surface area contributed by atoms with Crippen molar-refractivity contribution in [2.75, 3.05) is 18.4 Å². The Balaban J connectivity index is 1.58. The Bertz CT molecular complexity index is 877. The van der Waals surface area contributed by atoms with Crippen LogP contribution >= 0.6 is 28.1 Å². The minimum Gasteiger partial charge on any atom is -0.339 e. The number of carbonyl (C=O) groups is 2. The first-order valence-corrected chi connectivity index (χ1v) is 9.92. The zero-order valence-electron chi connectivity index (χ0n) is 14.9. The van der Waals surface area contributed by atoms with Crippen LogP contribution in [0.1, 0.15) is 39.1 Å². The Morgan fingerprint density at radius 1 is 1.04 bits per heavy atom. The summed E-state index contributed by atoms with van der Waals surface area (Å²) in [7, 11) is 0. The van der Waals surface area contributed by atoms with E-state index in [1.807, 2.05) is 17.9 Å². The fraction of sp³-hybridized carbons (Fsp3) is 0.250. The third kappa shape index (κ3) is 4.93. The number of hydrogen-bond donors (Lipinski definition) is 2. The maximum Gasteiger partial charge on any atom is 0.257 e. The van der Waals surface area contributed by atoms with Gasteiger partial charge in [-0.25, -0.2) is 0 Å². The molecule has 5 nitrogen and oxygen atoms in total. The van der Waals surface area contributed by atoms with Crippen molar-refractivity contribution in [2.24, 2.45) is 0 Å². The van der Waals surface area contributed by atoms with Gasteiger partial charge >= 0.3 is 0 Å². The summed E-state index contributed by atoms with van der Waals surface area (Å²) in [5.41, 5.74) is 2.93. The summed E-state index contributed by atoms with van der Waals surface area (Å²) in [6.45, 7) is 3.60. The van der Waals surface area contributed by atoms with Crippen molar-refractivity contribution >= 4 is 50.8 Å². The number of nitrogens with one attached hydrogen (secondary N) is 2. The Labute approximate surface area is 172 Å². The van der Waals surface area contributed by atoms with Gasteiger partial charge in [-0.1, -0.05) is 22.0 Å². The SMILES string of the molecule is Cc1ccc(C(=O)NC(=S)Nc2ccc(C(=O)N3CCCC3)cc2)cc1Br. The maximum absolute atomic E-state index is 12.4. The highest BCUT2D eigenvalue weighted by Gasteiger charge is 2.19. The smallest absolute Gasteiger partial charge is 0.257 e. The lowest BCUT2D eigenvalue weighted by molar-refractivity contribution is 0.0792. The average Bonchev–Trinajstić information content (AvgIpc) is 3.18. The van der Waals surface area contributed by atoms with E-state index in [0.29, 0.717) is 16.8 Å². The highest BCUT2D eigenvalue weighted by Crippen LogP contribution is 2.18. The number of carbonyl (C=O) groups excluding carboxylic acids is 2. The van der Waals surface area contributed by atoms with Crippen LogP contribution in [0.2, 0.25) is 0 Å².